The smallest absolute Gasteiger partial charge is 0.299 e. The number of hydrogen-bond donors (Lipinski definition) is 0. The maximum Gasteiger partial charge on any atom is 0.299 e. The summed E-state index contributed by atoms with van der Waals surface area (Å²) in [6.45, 7) is 15.1. The number of nitrogens with zero attached hydrogens (tertiary/aromatic N) is 6. The Kier molecular flexibility index (Phi) is 5.88. The van der Waals surface area contributed by atoms with Crippen LogP contribution in [-0.4, -0.2) is 37.8 Å². The molecule has 7 nitrogen and oxygen atoms in total. The maximum absolute atomic E-state index is 5.95. The summed E-state index contributed by atoms with van der Waals surface area (Å²) < 4.78 is 8.02. The molecule has 0 N–H and O–H groups in total. The quantitative estimate of drug-likeness (QED) is 0.529. The first-order chi connectivity index (χ1) is 14.4. The van der Waals surface area contributed by atoms with Crippen molar-refractivity contribution < 1.29 is 4.42 Å². The first-order valence-corrected chi connectivity index (χ1v) is 11.0. The molecule has 1 aliphatic heterocycles. The second-order valence-electron chi connectivity index (χ2n) is 8.97. The van der Waals surface area contributed by atoms with Crippen LogP contribution in [0.5, 0.6) is 0 Å². The molecule has 1 fully saturated rings. The molecule has 0 unspecified atom stereocenters. The Morgan fingerprint density at radius 3 is 2.67 bits per heavy atom. The van der Waals surface area contributed by atoms with E-state index in [2.05, 4.69) is 40.0 Å². The summed E-state index contributed by atoms with van der Waals surface area (Å²) >= 11 is 0. The molecular weight excluding hydrogens is 376 g/mol. The first-order valence-electron chi connectivity index (χ1n) is 11.0. The number of hydrogen-bond acceptors (Lipinski definition) is 6. The maximum atomic E-state index is 5.95. The fourth-order valence-electron chi connectivity index (χ4n) is 3.97. The molecule has 0 aromatic carbocycles. The highest BCUT2D eigenvalue weighted by atomic mass is 16.4. The molecule has 4 rings (SSSR count). The summed E-state index contributed by atoms with van der Waals surface area (Å²) in [6, 6.07) is 4.57. The molecule has 160 valence electrons. The summed E-state index contributed by atoms with van der Waals surface area (Å²) in [5.74, 6) is 3.11. The van der Waals surface area contributed by atoms with Crippen LogP contribution in [-0.2, 0) is 13.0 Å². The third kappa shape index (κ3) is 4.55. The fourth-order valence-corrected chi connectivity index (χ4v) is 3.97. The molecule has 0 radical (unpaired) electrons. The van der Waals surface area contributed by atoms with E-state index in [0.717, 1.165) is 73.8 Å². The Hall–Kier alpha value is -2.70. The monoisotopic (exact) mass is 408 g/mol. The van der Waals surface area contributed by atoms with Gasteiger partial charge in [0.2, 0.25) is 5.65 Å². The number of rotatable bonds is 7. The van der Waals surface area contributed by atoms with Crippen LogP contribution in [0, 0.1) is 12.8 Å². The second-order valence-corrected chi connectivity index (χ2v) is 8.97. The molecule has 0 bridgehead atoms. The lowest BCUT2D eigenvalue weighted by Gasteiger charge is -2.30. The summed E-state index contributed by atoms with van der Waals surface area (Å²) in [7, 11) is 0. The number of piperidine rings is 1. The van der Waals surface area contributed by atoms with Crippen molar-refractivity contribution in [2.75, 3.05) is 18.0 Å². The molecule has 0 saturated carbocycles. The van der Waals surface area contributed by atoms with E-state index in [4.69, 9.17) is 14.5 Å². The van der Waals surface area contributed by atoms with E-state index in [1.165, 1.54) is 0 Å². The number of oxazole rings is 1. The Morgan fingerprint density at radius 1 is 1.20 bits per heavy atom. The van der Waals surface area contributed by atoms with E-state index in [1.54, 1.807) is 0 Å². The number of aromatic nitrogens is 5. The van der Waals surface area contributed by atoms with E-state index in [0.29, 0.717) is 23.5 Å². The van der Waals surface area contributed by atoms with E-state index in [-0.39, 0.29) is 0 Å². The molecule has 1 aliphatic rings. The SMILES string of the molecule is C=C(C)Cn1nc(CCC(C)C)nc1C1CCN(c2nc3nc(C)ccc3o2)CC1. The molecule has 3 aromatic heterocycles. The molecule has 30 heavy (non-hydrogen) atoms. The van der Waals surface area contributed by atoms with Gasteiger partial charge in [-0.2, -0.15) is 10.1 Å². The molecule has 7 heteroatoms. The first kappa shape index (κ1) is 20.6. The molecule has 3 aromatic rings. The highest BCUT2D eigenvalue weighted by molar-refractivity contribution is 5.70. The third-order valence-electron chi connectivity index (χ3n) is 5.62. The van der Waals surface area contributed by atoms with Crippen molar-refractivity contribution in [2.45, 2.75) is 65.8 Å². The lowest BCUT2D eigenvalue weighted by atomic mass is 9.96. The zero-order valence-electron chi connectivity index (χ0n) is 18.6. The summed E-state index contributed by atoms with van der Waals surface area (Å²) in [5, 5.41) is 4.80. The Bertz CT molecular complexity index is 1030. The van der Waals surface area contributed by atoms with Crippen molar-refractivity contribution in [3.63, 3.8) is 0 Å². The van der Waals surface area contributed by atoms with Crippen LogP contribution in [0.25, 0.3) is 11.2 Å². The van der Waals surface area contributed by atoms with Crippen molar-refractivity contribution in [2.24, 2.45) is 5.92 Å². The topological polar surface area (TPSA) is 72.9 Å². The van der Waals surface area contributed by atoms with Crippen molar-refractivity contribution in [1.82, 2.24) is 24.7 Å². The Balaban J connectivity index is 1.47. The zero-order valence-corrected chi connectivity index (χ0v) is 18.6. The van der Waals surface area contributed by atoms with Gasteiger partial charge in [-0.15, -0.1) is 0 Å². The Morgan fingerprint density at radius 2 is 1.97 bits per heavy atom. The zero-order chi connectivity index (χ0) is 21.3. The van der Waals surface area contributed by atoms with Crippen LogP contribution < -0.4 is 4.90 Å². The predicted octanol–water partition coefficient (Wildman–Crippen LogP) is 4.67. The highest BCUT2D eigenvalue weighted by Gasteiger charge is 2.28. The molecule has 0 amide bonds. The second kappa shape index (κ2) is 8.58. The number of anilines is 1. The van der Waals surface area contributed by atoms with Crippen LogP contribution in [0.2, 0.25) is 0 Å². The Labute approximate surface area is 178 Å². The van der Waals surface area contributed by atoms with Gasteiger partial charge in [0.15, 0.2) is 11.4 Å². The van der Waals surface area contributed by atoms with E-state index in [1.807, 2.05) is 26.0 Å². The van der Waals surface area contributed by atoms with Crippen LogP contribution in [0.1, 0.15) is 63.3 Å². The summed E-state index contributed by atoms with van der Waals surface area (Å²) in [4.78, 5) is 16.2. The van der Waals surface area contributed by atoms with Crippen molar-refractivity contribution in [3.8, 4) is 0 Å². The van der Waals surface area contributed by atoms with Gasteiger partial charge in [0.1, 0.15) is 5.82 Å². The van der Waals surface area contributed by atoms with Gasteiger partial charge >= 0.3 is 0 Å². The van der Waals surface area contributed by atoms with Gasteiger partial charge in [0.25, 0.3) is 6.01 Å². The van der Waals surface area contributed by atoms with Gasteiger partial charge in [0.05, 0.1) is 6.54 Å². The average Bonchev–Trinajstić information content (AvgIpc) is 3.29. The summed E-state index contributed by atoms with van der Waals surface area (Å²) in [6.07, 6.45) is 4.05. The van der Waals surface area contributed by atoms with E-state index < -0.39 is 0 Å². The van der Waals surface area contributed by atoms with E-state index in [9.17, 15) is 0 Å². The van der Waals surface area contributed by atoms with Gasteiger partial charge in [-0.25, -0.2) is 14.6 Å². The molecule has 0 spiro atoms. The highest BCUT2D eigenvalue weighted by Crippen LogP contribution is 2.31. The lowest BCUT2D eigenvalue weighted by molar-refractivity contribution is 0.438. The van der Waals surface area contributed by atoms with Crippen molar-refractivity contribution in [1.29, 1.82) is 0 Å². The number of aryl methyl sites for hydroxylation is 2. The third-order valence-corrected chi connectivity index (χ3v) is 5.62. The van der Waals surface area contributed by atoms with Gasteiger partial charge in [0, 0.05) is 31.1 Å². The molecule has 0 atom stereocenters. The summed E-state index contributed by atoms with van der Waals surface area (Å²) in [5.41, 5.74) is 3.48. The van der Waals surface area contributed by atoms with E-state index >= 15 is 0 Å². The van der Waals surface area contributed by atoms with Gasteiger partial charge in [-0.3, -0.25) is 0 Å². The largest absolute Gasteiger partial charge is 0.422 e. The van der Waals surface area contributed by atoms with Crippen LogP contribution >= 0.6 is 0 Å². The van der Waals surface area contributed by atoms with Crippen LogP contribution in [0.3, 0.4) is 0 Å². The average molecular weight is 409 g/mol. The minimum absolute atomic E-state index is 0.394. The lowest BCUT2D eigenvalue weighted by Crippen LogP contribution is -2.34. The normalized spacial score (nSPS) is 15.4. The standard InChI is InChI=1S/C23H32N6O/c1-15(2)6-9-20-25-22(29(27-20)14-16(3)4)18-10-12-28(13-11-18)23-26-21-19(30-23)8-7-17(5)24-21/h7-8,15,18H,3,6,9-14H2,1-2,4-5H3. The van der Waals surface area contributed by atoms with Gasteiger partial charge in [-0.1, -0.05) is 26.0 Å². The minimum atomic E-state index is 0.394. The molecular formula is C23H32N6O. The number of allylic oxidation sites excluding steroid dienone is 1. The van der Waals surface area contributed by atoms with Crippen LogP contribution in [0.4, 0.5) is 6.01 Å². The fraction of sp³-hybridized carbons (Fsp3) is 0.565. The molecule has 1 saturated heterocycles. The molecule has 4 heterocycles. The van der Waals surface area contributed by atoms with Crippen molar-refractivity contribution in [3.05, 3.63) is 41.6 Å². The minimum Gasteiger partial charge on any atom is -0.422 e. The van der Waals surface area contributed by atoms with Crippen LogP contribution in [0.15, 0.2) is 28.7 Å². The molecule has 0 aliphatic carbocycles. The van der Waals surface area contributed by atoms with Gasteiger partial charge in [-0.05, 0) is 51.2 Å². The number of pyridine rings is 1. The number of fused-ring (bicyclic) bond motifs is 1. The van der Waals surface area contributed by atoms with Gasteiger partial charge < -0.3 is 9.32 Å². The predicted molar refractivity (Wildman–Crippen MR) is 119 cm³/mol. The van der Waals surface area contributed by atoms with Crippen molar-refractivity contribution >= 4 is 17.2 Å².